The minimum Gasteiger partial charge on any atom is -0.326 e. The van der Waals surface area contributed by atoms with Gasteiger partial charge in [0.1, 0.15) is 0 Å². The van der Waals surface area contributed by atoms with Crippen LogP contribution in [0.2, 0.25) is 0 Å². The van der Waals surface area contributed by atoms with Crippen LogP contribution in [0.1, 0.15) is 59.8 Å². The number of piperidine rings is 1. The van der Waals surface area contributed by atoms with Gasteiger partial charge in [0.2, 0.25) is 0 Å². The van der Waals surface area contributed by atoms with Crippen molar-refractivity contribution in [2.75, 3.05) is 13.1 Å². The highest BCUT2D eigenvalue weighted by Gasteiger charge is 2.40. The summed E-state index contributed by atoms with van der Waals surface area (Å²) < 4.78 is 0. The molecular formula is C15H30N2. The van der Waals surface area contributed by atoms with Crippen LogP contribution in [-0.4, -0.2) is 30.1 Å². The molecule has 0 aromatic heterocycles. The predicted octanol–water partition coefficient (Wildman–Crippen LogP) is 3.01. The van der Waals surface area contributed by atoms with Crippen molar-refractivity contribution in [3.63, 3.8) is 0 Å². The number of hydrogen-bond donors (Lipinski definition) is 1. The Morgan fingerprint density at radius 1 is 1.00 bits per heavy atom. The van der Waals surface area contributed by atoms with Gasteiger partial charge in [0.05, 0.1) is 0 Å². The Morgan fingerprint density at radius 2 is 1.59 bits per heavy atom. The van der Waals surface area contributed by atoms with Crippen LogP contribution in [0.5, 0.6) is 0 Å². The van der Waals surface area contributed by atoms with Crippen molar-refractivity contribution in [2.45, 2.75) is 71.9 Å². The SMILES string of the molecule is CC1(C)CCN(C2CCCC(C)(C)C2N)CC1. The summed E-state index contributed by atoms with van der Waals surface area (Å²) in [5.41, 5.74) is 7.39. The summed E-state index contributed by atoms with van der Waals surface area (Å²) in [6.45, 7) is 12.0. The van der Waals surface area contributed by atoms with Crippen molar-refractivity contribution in [3.8, 4) is 0 Å². The van der Waals surface area contributed by atoms with E-state index in [1.807, 2.05) is 0 Å². The van der Waals surface area contributed by atoms with E-state index in [2.05, 4.69) is 32.6 Å². The third-order valence-electron chi connectivity index (χ3n) is 5.26. The second-order valence-electron chi connectivity index (χ2n) is 7.67. The maximum Gasteiger partial charge on any atom is 0.0252 e. The molecule has 0 aromatic carbocycles. The van der Waals surface area contributed by atoms with E-state index in [1.54, 1.807) is 0 Å². The van der Waals surface area contributed by atoms with Crippen molar-refractivity contribution in [1.82, 2.24) is 4.90 Å². The van der Waals surface area contributed by atoms with Gasteiger partial charge in [0.25, 0.3) is 0 Å². The molecular weight excluding hydrogens is 208 g/mol. The average molecular weight is 238 g/mol. The molecule has 1 aliphatic carbocycles. The van der Waals surface area contributed by atoms with Crippen LogP contribution in [0.3, 0.4) is 0 Å². The molecule has 2 atom stereocenters. The summed E-state index contributed by atoms with van der Waals surface area (Å²) in [6.07, 6.45) is 6.62. The Morgan fingerprint density at radius 3 is 2.18 bits per heavy atom. The zero-order valence-corrected chi connectivity index (χ0v) is 12.1. The molecule has 0 bridgehead atoms. The van der Waals surface area contributed by atoms with E-state index in [9.17, 15) is 0 Å². The van der Waals surface area contributed by atoms with E-state index in [-0.39, 0.29) is 0 Å². The minimum atomic E-state index is 0.329. The lowest BCUT2D eigenvalue weighted by Crippen LogP contribution is -2.58. The molecule has 1 aliphatic heterocycles. The largest absolute Gasteiger partial charge is 0.326 e. The second-order valence-corrected chi connectivity index (χ2v) is 7.67. The van der Waals surface area contributed by atoms with Gasteiger partial charge in [-0.1, -0.05) is 34.1 Å². The molecule has 2 nitrogen and oxygen atoms in total. The molecule has 100 valence electrons. The highest BCUT2D eigenvalue weighted by molar-refractivity contribution is 4.97. The molecule has 2 heteroatoms. The van der Waals surface area contributed by atoms with E-state index in [4.69, 9.17) is 5.73 Å². The van der Waals surface area contributed by atoms with Gasteiger partial charge in [-0.3, -0.25) is 4.90 Å². The van der Waals surface area contributed by atoms with E-state index in [1.165, 1.54) is 45.2 Å². The van der Waals surface area contributed by atoms with Gasteiger partial charge in [0, 0.05) is 12.1 Å². The highest BCUT2D eigenvalue weighted by atomic mass is 15.2. The molecule has 0 aromatic rings. The number of rotatable bonds is 1. The maximum absolute atomic E-state index is 6.51. The summed E-state index contributed by atoms with van der Waals surface area (Å²) in [6, 6.07) is 0.993. The Labute approximate surface area is 107 Å². The molecule has 2 rings (SSSR count). The molecule has 2 unspecified atom stereocenters. The fourth-order valence-corrected chi connectivity index (χ4v) is 3.50. The predicted molar refractivity (Wildman–Crippen MR) is 74.0 cm³/mol. The first kappa shape index (κ1) is 13.4. The van der Waals surface area contributed by atoms with Gasteiger partial charge < -0.3 is 5.73 Å². The highest BCUT2D eigenvalue weighted by Crippen LogP contribution is 2.39. The van der Waals surface area contributed by atoms with Crippen LogP contribution in [0.4, 0.5) is 0 Å². The molecule has 0 radical (unpaired) electrons. The fourth-order valence-electron chi connectivity index (χ4n) is 3.50. The van der Waals surface area contributed by atoms with Crippen molar-refractivity contribution in [3.05, 3.63) is 0 Å². The number of nitrogens with two attached hydrogens (primary N) is 1. The quantitative estimate of drug-likeness (QED) is 0.761. The van der Waals surface area contributed by atoms with Crippen LogP contribution in [0.15, 0.2) is 0 Å². The number of likely N-dealkylation sites (tertiary alicyclic amines) is 1. The summed E-state index contributed by atoms with van der Waals surface area (Å²) in [5.74, 6) is 0. The number of hydrogen-bond acceptors (Lipinski definition) is 2. The Balaban J connectivity index is 1.99. The first-order valence-electron chi connectivity index (χ1n) is 7.31. The minimum absolute atomic E-state index is 0.329. The zero-order valence-electron chi connectivity index (χ0n) is 12.1. The van der Waals surface area contributed by atoms with Crippen molar-refractivity contribution < 1.29 is 0 Å². The molecule has 1 saturated heterocycles. The standard InChI is InChI=1S/C15H30N2/c1-14(2)8-10-17(11-9-14)12-6-5-7-15(3,4)13(12)16/h12-13H,5-11,16H2,1-4H3. The summed E-state index contributed by atoms with van der Waals surface area (Å²) in [4.78, 5) is 2.68. The first-order chi connectivity index (χ1) is 7.82. The monoisotopic (exact) mass is 238 g/mol. The summed E-state index contributed by atoms with van der Waals surface area (Å²) in [5, 5.41) is 0. The molecule has 2 N–H and O–H groups in total. The fraction of sp³-hybridized carbons (Fsp3) is 1.00. The van der Waals surface area contributed by atoms with E-state index < -0.39 is 0 Å². The lowest BCUT2D eigenvalue weighted by atomic mass is 9.70. The second kappa shape index (κ2) is 4.55. The zero-order chi connectivity index (χ0) is 12.7. The molecule has 2 fully saturated rings. The topological polar surface area (TPSA) is 29.3 Å². The van der Waals surface area contributed by atoms with Gasteiger partial charge in [-0.2, -0.15) is 0 Å². The smallest absolute Gasteiger partial charge is 0.0252 e. The van der Waals surface area contributed by atoms with Gasteiger partial charge in [-0.15, -0.1) is 0 Å². The lowest BCUT2D eigenvalue weighted by Gasteiger charge is -2.49. The Kier molecular flexibility index (Phi) is 3.57. The molecule has 1 heterocycles. The van der Waals surface area contributed by atoms with Crippen molar-refractivity contribution in [2.24, 2.45) is 16.6 Å². The third kappa shape index (κ3) is 2.85. The molecule has 17 heavy (non-hydrogen) atoms. The average Bonchev–Trinajstić information content (AvgIpc) is 2.23. The van der Waals surface area contributed by atoms with Gasteiger partial charge in [-0.25, -0.2) is 0 Å². The van der Waals surface area contributed by atoms with Crippen LogP contribution in [0.25, 0.3) is 0 Å². The van der Waals surface area contributed by atoms with E-state index >= 15 is 0 Å². The molecule has 0 amide bonds. The lowest BCUT2D eigenvalue weighted by molar-refractivity contribution is 0.0290. The first-order valence-corrected chi connectivity index (χ1v) is 7.31. The van der Waals surface area contributed by atoms with Crippen molar-refractivity contribution >= 4 is 0 Å². The summed E-state index contributed by atoms with van der Waals surface area (Å²) >= 11 is 0. The maximum atomic E-state index is 6.51. The third-order valence-corrected chi connectivity index (χ3v) is 5.26. The van der Waals surface area contributed by atoms with Crippen LogP contribution >= 0.6 is 0 Å². The Hall–Kier alpha value is -0.0800. The molecule has 1 saturated carbocycles. The molecule has 0 spiro atoms. The summed E-state index contributed by atoms with van der Waals surface area (Å²) in [7, 11) is 0. The van der Waals surface area contributed by atoms with Crippen LogP contribution in [0, 0.1) is 10.8 Å². The normalized spacial score (nSPS) is 37.9. The Bertz CT molecular complexity index is 260. The van der Waals surface area contributed by atoms with Crippen molar-refractivity contribution in [1.29, 1.82) is 0 Å². The van der Waals surface area contributed by atoms with Crippen LogP contribution in [-0.2, 0) is 0 Å². The molecule has 2 aliphatic rings. The van der Waals surface area contributed by atoms with Gasteiger partial charge in [-0.05, 0) is 49.6 Å². The van der Waals surface area contributed by atoms with Gasteiger partial charge in [0.15, 0.2) is 0 Å². The number of nitrogens with zero attached hydrogens (tertiary/aromatic N) is 1. The van der Waals surface area contributed by atoms with Crippen LogP contribution < -0.4 is 5.73 Å². The van der Waals surface area contributed by atoms with E-state index in [0.29, 0.717) is 22.9 Å². The van der Waals surface area contributed by atoms with E-state index in [0.717, 1.165) is 0 Å². The van der Waals surface area contributed by atoms with Gasteiger partial charge >= 0.3 is 0 Å².